The summed E-state index contributed by atoms with van der Waals surface area (Å²) in [6.07, 6.45) is 3.23. The Morgan fingerprint density at radius 1 is 0.844 bits per heavy atom. The molecule has 4 heteroatoms. The molecule has 1 N–H and O–H groups in total. The number of imide groups is 1. The molecule has 162 valence electrons. The van der Waals surface area contributed by atoms with Crippen molar-refractivity contribution in [2.45, 2.75) is 40.0 Å². The van der Waals surface area contributed by atoms with Gasteiger partial charge in [-0.2, -0.15) is 0 Å². The van der Waals surface area contributed by atoms with Crippen LogP contribution in [-0.2, 0) is 16.0 Å². The quantitative estimate of drug-likeness (QED) is 0.470. The van der Waals surface area contributed by atoms with Gasteiger partial charge in [0, 0.05) is 5.69 Å². The molecule has 1 aliphatic rings. The Kier molecular flexibility index (Phi) is 6.22. The fraction of sp³-hybridized carbons (Fsp3) is 0.214. The monoisotopic (exact) mass is 424 g/mol. The summed E-state index contributed by atoms with van der Waals surface area (Å²) in [5.74, 6) is -0.642. The third-order valence-corrected chi connectivity index (χ3v) is 5.79. The van der Waals surface area contributed by atoms with Gasteiger partial charge in [0.1, 0.15) is 5.70 Å². The summed E-state index contributed by atoms with van der Waals surface area (Å²) in [5.41, 5.74) is 6.13. The first-order chi connectivity index (χ1) is 15.5. The third-order valence-electron chi connectivity index (χ3n) is 5.79. The van der Waals surface area contributed by atoms with Gasteiger partial charge in [0.25, 0.3) is 11.8 Å². The largest absolute Gasteiger partial charge is 0.350 e. The minimum Gasteiger partial charge on any atom is -0.350 e. The average molecular weight is 425 g/mol. The molecule has 0 aromatic heterocycles. The van der Waals surface area contributed by atoms with Crippen LogP contribution >= 0.6 is 0 Å². The van der Waals surface area contributed by atoms with E-state index < -0.39 is 0 Å². The lowest BCUT2D eigenvalue weighted by molar-refractivity contribution is -0.120. The highest BCUT2D eigenvalue weighted by molar-refractivity contribution is 6.46. The zero-order valence-corrected chi connectivity index (χ0v) is 18.8. The Labute approximate surface area is 189 Å². The SMILES string of the molecule is CCCCc1ccc(N2C(=O)C(Nc3ccccc3)=C(c3ccc(C)cc3C)C2=O)cc1. The normalized spacial score (nSPS) is 13.8. The summed E-state index contributed by atoms with van der Waals surface area (Å²) >= 11 is 0. The van der Waals surface area contributed by atoms with E-state index in [1.54, 1.807) is 0 Å². The second-order valence-corrected chi connectivity index (χ2v) is 8.28. The second-order valence-electron chi connectivity index (χ2n) is 8.28. The van der Waals surface area contributed by atoms with E-state index in [0.717, 1.165) is 41.6 Å². The maximum Gasteiger partial charge on any atom is 0.282 e. The first-order valence-electron chi connectivity index (χ1n) is 11.1. The number of para-hydroxylation sites is 1. The van der Waals surface area contributed by atoms with E-state index in [1.165, 1.54) is 10.5 Å². The summed E-state index contributed by atoms with van der Waals surface area (Å²) in [4.78, 5) is 28.4. The molecule has 0 bridgehead atoms. The number of carbonyl (C=O) groups is 2. The van der Waals surface area contributed by atoms with E-state index in [9.17, 15) is 9.59 Å². The van der Waals surface area contributed by atoms with E-state index in [0.29, 0.717) is 17.0 Å². The molecule has 3 aromatic rings. The van der Waals surface area contributed by atoms with Crippen molar-refractivity contribution >= 4 is 28.8 Å². The number of benzene rings is 3. The van der Waals surface area contributed by atoms with Gasteiger partial charge in [0.05, 0.1) is 11.3 Å². The molecule has 0 atom stereocenters. The van der Waals surface area contributed by atoms with Crippen molar-refractivity contribution < 1.29 is 9.59 Å². The zero-order chi connectivity index (χ0) is 22.7. The molecule has 4 nitrogen and oxygen atoms in total. The van der Waals surface area contributed by atoms with Gasteiger partial charge in [-0.15, -0.1) is 0 Å². The molecule has 1 heterocycles. The van der Waals surface area contributed by atoms with Crippen molar-refractivity contribution in [1.82, 2.24) is 0 Å². The van der Waals surface area contributed by atoms with Crippen LogP contribution in [-0.4, -0.2) is 11.8 Å². The van der Waals surface area contributed by atoms with E-state index in [4.69, 9.17) is 0 Å². The van der Waals surface area contributed by atoms with Gasteiger partial charge in [0.15, 0.2) is 0 Å². The topological polar surface area (TPSA) is 49.4 Å². The average Bonchev–Trinajstić information content (AvgIpc) is 3.03. The first kappa shape index (κ1) is 21.6. The molecule has 0 spiro atoms. The number of amides is 2. The summed E-state index contributed by atoms with van der Waals surface area (Å²) < 4.78 is 0. The van der Waals surface area contributed by atoms with E-state index >= 15 is 0 Å². The molecule has 0 unspecified atom stereocenters. The van der Waals surface area contributed by atoms with Gasteiger partial charge in [-0.1, -0.05) is 67.4 Å². The van der Waals surface area contributed by atoms with Crippen molar-refractivity contribution in [3.63, 3.8) is 0 Å². The van der Waals surface area contributed by atoms with E-state index in [1.807, 2.05) is 86.6 Å². The number of aryl methyl sites for hydroxylation is 3. The smallest absolute Gasteiger partial charge is 0.282 e. The van der Waals surface area contributed by atoms with Crippen LogP contribution in [0.3, 0.4) is 0 Å². The summed E-state index contributed by atoms with van der Waals surface area (Å²) in [6, 6.07) is 23.2. The van der Waals surface area contributed by atoms with Crippen LogP contribution in [0.2, 0.25) is 0 Å². The Morgan fingerprint density at radius 3 is 2.22 bits per heavy atom. The fourth-order valence-corrected chi connectivity index (χ4v) is 4.08. The molecule has 1 aliphatic heterocycles. The molecule has 32 heavy (non-hydrogen) atoms. The van der Waals surface area contributed by atoms with Gasteiger partial charge in [-0.05, 0) is 67.6 Å². The maximum atomic E-state index is 13.6. The van der Waals surface area contributed by atoms with Gasteiger partial charge >= 0.3 is 0 Å². The molecule has 4 rings (SSSR count). The van der Waals surface area contributed by atoms with E-state index in [2.05, 4.69) is 12.2 Å². The standard InChI is InChI=1S/C28H28N2O2/c1-4-5-9-21-13-15-23(16-14-21)30-27(31)25(24-17-12-19(2)18-20(24)3)26(28(30)32)29-22-10-7-6-8-11-22/h6-8,10-18,29H,4-5,9H2,1-3H3. The number of nitrogens with zero attached hydrogens (tertiary/aromatic N) is 1. The molecule has 0 saturated heterocycles. The molecule has 0 fully saturated rings. The lowest BCUT2D eigenvalue weighted by Gasteiger charge is -2.16. The van der Waals surface area contributed by atoms with Crippen molar-refractivity contribution in [3.8, 4) is 0 Å². The van der Waals surface area contributed by atoms with E-state index in [-0.39, 0.29) is 11.8 Å². The van der Waals surface area contributed by atoms with Crippen LogP contribution in [0.15, 0.2) is 78.5 Å². The molecular weight excluding hydrogens is 396 g/mol. The highest BCUT2D eigenvalue weighted by Crippen LogP contribution is 2.35. The molecule has 2 amide bonds. The molecule has 0 saturated carbocycles. The Bertz CT molecular complexity index is 1180. The number of rotatable bonds is 7. The maximum absolute atomic E-state index is 13.6. The van der Waals surface area contributed by atoms with Gasteiger partial charge < -0.3 is 5.32 Å². The molecular formula is C28H28N2O2. The second kappa shape index (κ2) is 9.23. The lowest BCUT2D eigenvalue weighted by atomic mass is 9.97. The van der Waals surface area contributed by atoms with Crippen molar-refractivity contribution in [2.75, 3.05) is 10.2 Å². The van der Waals surface area contributed by atoms with Crippen LogP contribution in [0, 0.1) is 13.8 Å². The molecule has 0 radical (unpaired) electrons. The summed E-state index contributed by atoms with van der Waals surface area (Å²) in [7, 11) is 0. The number of nitrogens with one attached hydrogen (secondary N) is 1. The van der Waals surface area contributed by atoms with Crippen LogP contribution < -0.4 is 10.2 Å². The zero-order valence-electron chi connectivity index (χ0n) is 18.8. The van der Waals surface area contributed by atoms with Crippen LogP contribution in [0.4, 0.5) is 11.4 Å². The highest BCUT2D eigenvalue weighted by Gasteiger charge is 2.40. The fourth-order valence-electron chi connectivity index (χ4n) is 4.08. The number of unbranched alkanes of at least 4 members (excludes halogenated alkanes) is 1. The number of anilines is 2. The summed E-state index contributed by atoms with van der Waals surface area (Å²) in [5, 5.41) is 3.22. The third kappa shape index (κ3) is 4.22. The van der Waals surface area contributed by atoms with Crippen molar-refractivity contribution in [1.29, 1.82) is 0 Å². The minimum atomic E-state index is -0.338. The Hall–Kier alpha value is -3.66. The van der Waals surface area contributed by atoms with Crippen LogP contribution in [0.25, 0.3) is 5.57 Å². The van der Waals surface area contributed by atoms with Crippen molar-refractivity contribution in [2.24, 2.45) is 0 Å². The predicted molar refractivity (Wildman–Crippen MR) is 130 cm³/mol. The molecule has 3 aromatic carbocycles. The highest BCUT2D eigenvalue weighted by atomic mass is 16.2. The minimum absolute atomic E-state index is 0.304. The van der Waals surface area contributed by atoms with Gasteiger partial charge in [-0.25, -0.2) is 4.90 Å². The van der Waals surface area contributed by atoms with Gasteiger partial charge in [0.2, 0.25) is 0 Å². The number of carbonyl (C=O) groups excluding carboxylic acids is 2. The van der Waals surface area contributed by atoms with Gasteiger partial charge in [-0.3, -0.25) is 9.59 Å². The number of hydrogen-bond donors (Lipinski definition) is 1. The Morgan fingerprint density at radius 2 is 1.56 bits per heavy atom. The van der Waals surface area contributed by atoms with Crippen LogP contribution in [0.1, 0.15) is 42.0 Å². The number of hydrogen-bond acceptors (Lipinski definition) is 3. The van der Waals surface area contributed by atoms with Crippen molar-refractivity contribution in [3.05, 3.63) is 101 Å². The molecule has 0 aliphatic carbocycles. The summed E-state index contributed by atoms with van der Waals surface area (Å²) in [6.45, 7) is 6.15. The predicted octanol–water partition coefficient (Wildman–Crippen LogP) is 6.04. The van der Waals surface area contributed by atoms with Crippen LogP contribution in [0.5, 0.6) is 0 Å². The lowest BCUT2D eigenvalue weighted by Crippen LogP contribution is -2.32. The Balaban J connectivity index is 1.76. The first-order valence-corrected chi connectivity index (χ1v) is 11.1.